The fourth-order valence-corrected chi connectivity index (χ4v) is 4.85. The van der Waals surface area contributed by atoms with Crippen LogP contribution in [0.25, 0.3) is 0 Å². The first-order valence-electron chi connectivity index (χ1n) is 9.62. The van der Waals surface area contributed by atoms with Crippen LogP contribution in [0.15, 0.2) is 119 Å². The highest BCUT2D eigenvalue weighted by atomic mass is 32.2. The van der Waals surface area contributed by atoms with Gasteiger partial charge in [0.25, 0.3) is 0 Å². The molecule has 4 aromatic rings. The quantitative estimate of drug-likeness (QED) is 0.417. The van der Waals surface area contributed by atoms with E-state index in [0.29, 0.717) is 22.6 Å². The Morgan fingerprint density at radius 2 is 0.828 bits per heavy atom. The van der Waals surface area contributed by atoms with Crippen molar-refractivity contribution in [3.8, 4) is 0 Å². The molecule has 29 heavy (non-hydrogen) atoms. The number of rotatable bonds is 6. The third-order valence-electron chi connectivity index (χ3n) is 4.92. The lowest BCUT2D eigenvalue weighted by molar-refractivity contribution is 0.596. The lowest BCUT2D eigenvalue weighted by Gasteiger charge is -2.09. The Bertz CT molecular complexity index is 1110. The average molecular weight is 399 g/mol. The minimum absolute atomic E-state index is 0.336. The molecule has 0 fully saturated rings. The fraction of sp³-hybridized carbons (Fsp3) is 0.0769. The molecule has 3 heteroatoms. The van der Waals surface area contributed by atoms with Crippen LogP contribution in [0.4, 0.5) is 0 Å². The molecule has 0 radical (unpaired) electrons. The van der Waals surface area contributed by atoms with E-state index in [0.717, 1.165) is 22.3 Å². The van der Waals surface area contributed by atoms with E-state index in [-0.39, 0.29) is 0 Å². The van der Waals surface area contributed by atoms with Gasteiger partial charge < -0.3 is 0 Å². The van der Waals surface area contributed by atoms with Gasteiger partial charge in [-0.25, -0.2) is 8.42 Å². The van der Waals surface area contributed by atoms with Gasteiger partial charge in [-0.15, -0.1) is 0 Å². The second kappa shape index (κ2) is 8.46. The third kappa shape index (κ3) is 4.64. The van der Waals surface area contributed by atoms with Crippen molar-refractivity contribution in [3.05, 3.63) is 131 Å². The van der Waals surface area contributed by atoms with E-state index in [1.807, 2.05) is 84.9 Å². The summed E-state index contributed by atoms with van der Waals surface area (Å²) in [5.41, 5.74) is 4.29. The van der Waals surface area contributed by atoms with Crippen LogP contribution in [0.2, 0.25) is 0 Å². The number of hydrogen-bond acceptors (Lipinski definition) is 2. The van der Waals surface area contributed by atoms with Crippen molar-refractivity contribution < 1.29 is 8.42 Å². The fourth-order valence-electron chi connectivity index (χ4n) is 3.44. The first kappa shape index (κ1) is 19.2. The maximum Gasteiger partial charge on any atom is 0.206 e. The minimum atomic E-state index is -3.57. The van der Waals surface area contributed by atoms with E-state index in [1.165, 1.54) is 0 Å². The Kier molecular flexibility index (Phi) is 5.59. The van der Waals surface area contributed by atoms with Gasteiger partial charge >= 0.3 is 0 Å². The largest absolute Gasteiger partial charge is 0.219 e. The van der Waals surface area contributed by atoms with Crippen LogP contribution in [0, 0.1) is 0 Å². The molecule has 4 rings (SSSR count). The molecule has 0 unspecified atom stereocenters. The Morgan fingerprint density at radius 1 is 0.448 bits per heavy atom. The summed E-state index contributed by atoms with van der Waals surface area (Å²) in [6.45, 7) is 0. The Labute approximate surface area is 172 Å². The van der Waals surface area contributed by atoms with Crippen LogP contribution in [0.1, 0.15) is 22.3 Å². The molecule has 0 spiro atoms. The van der Waals surface area contributed by atoms with Gasteiger partial charge in [0.15, 0.2) is 0 Å². The summed E-state index contributed by atoms with van der Waals surface area (Å²) >= 11 is 0. The summed E-state index contributed by atoms with van der Waals surface area (Å²) in [5, 5.41) is 0. The van der Waals surface area contributed by atoms with E-state index in [9.17, 15) is 8.42 Å². The molecule has 0 heterocycles. The monoisotopic (exact) mass is 398 g/mol. The van der Waals surface area contributed by atoms with Gasteiger partial charge in [-0.2, -0.15) is 0 Å². The molecule has 0 N–H and O–H groups in total. The van der Waals surface area contributed by atoms with E-state index in [4.69, 9.17) is 0 Å². The molecule has 0 aromatic heterocycles. The maximum atomic E-state index is 13.2. The smallest absolute Gasteiger partial charge is 0.206 e. The van der Waals surface area contributed by atoms with Gasteiger partial charge in [0.2, 0.25) is 9.84 Å². The van der Waals surface area contributed by atoms with Crippen molar-refractivity contribution in [1.29, 1.82) is 0 Å². The van der Waals surface area contributed by atoms with Gasteiger partial charge in [0, 0.05) is 0 Å². The lowest BCUT2D eigenvalue weighted by atomic mass is 10.1. The zero-order chi connectivity index (χ0) is 20.1. The Morgan fingerprint density at radius 3 is 1.24 bits per heavy atom. The molecule has 0 saturated carbocycles. The Hall–Kier alpha value is -3.17. The normalized spacial score (nSPS) is 11.3. The van der Waals surface area contributed by atoms with E-state index < -0.39 is 9.84 Å². The van der Waals surface area contributed by atoms with E-state index in [1.54, 1.807) is 24.3 Å². The van der Waals surface area contributed by atoms with E-state index in [2.05, 4.69) is 0 Å². The standard InChI is InChI=1S/C26H22O2S/c27-29(28,25-15-7-13-23(19-25)17-21-9-3-1-4-10-21)26-16-8-14-24(20-26)18-22-11-5-2-6-12-22/h1-16,19-20H,17-18H2. The highest BCUT2D eigenvalue weighted by Gasteiger charge is 2.18. The summed E-state index contributed by atoms with van der Waals surface area (Å²) in [6, 6.07) is 34.6. The Balaban J connectivity index is 1.62. The number of benzene rings is 4. The van der Waals surface area contributed by atoms with Crippen LogP contribution < -0.4 is 0 Å². The van der Waals surface area contributed by atoms with Crippen molar-refractivity contribution in [3.63, 3.8) is 0 Å². The van der Waals surface area contributed by atoms with Crippen molar-refractivity contribution in [2.24, 2.45) is 0 Å². The maximum absolute atomic E-state index is 13.2. The van der Waals surface area contributed by atoms with E-state index >= 15 is 0 Å². The van der Waals surface area contributed by atoms with Crippen LogP contribution in [-0.2, 0) is 22.7 Å². The van der Waals surface area contributed by atoms with Crippen LogP contribution in [0.5, 0.6) is 0 Å². The molecular formula is C26H22O2S. The minimum Gasteiger partial charge on any atom is -0.219 e. The van der Waals surface area contributed by atoms with Crippen molar-refractivity contribution in [1.82, 2.24) is 0 Å². The first-order chi connectivity index (χ1) is 14.1. The lowest BCUT2D eigenvalue weighted by Crippen LogP contribution is -2.04. The van der Waals surface area contributed by atoms with Gasteiger partial charge in [-0.05, 0) is 59.4 Å². The second-order valence-corrected chi connectivity index (χ2v) is 9.07. The molecule has 4 aromatic carbocycles. The van der Waals surface area contributed by atoms with Gasteiger partial charge in [0.1, 0.15) is 0 Å². The summed E-state index contributed by atoms with van der Waals surface area (Å²) in [4.78, 5) is 0.672. The summed E-state index contributed by atoms with van der Waals surface area (Å²) in [7, 11) is -3.57. The molecule has 0 bridgehead atoms. The van der Waals surface area contributed by atoms with Gasteiger partial charge in [-0.3, -0.25) is 0 Å². The third-order valence-corrected chi connectivity index (χ3v) is 6.67. The average Bonchev–Trinajstić information content (AvgIpc) is 2.76. The zero-order valence-electron chi connectivity index (χ0n) is 16.0. The molecule has 0 saturated heterocycles. The van der Waals surface area contributed by atoms with Crippen LogP contribution in [-0.4, -0.2) is 8.42 Å². The number of hydrogen-bond donors (Lipinski definition) is 0. The highest BCUT2D eigenvalue weighted by molar-refractivity contribution is 7.91. The predicted molar refractivity (Wildman–Crippen MR) is 117 cm³/mol. The molecule has 144 valence electrons. The highest BCUT2D eigenvalue weighted by Crippen LogP contribution is 2.24. The predicted octanol–water partition coefficient (Wildman–Crippen LogP) is 5.70. The molecule has 0 aliphatic carbocycles. The van der Waals surface area contributed by atoms with Crippen LogP contribution >= 0.6 is 0 Å². The van der Waals surface area contributed by atoms with Crippen LogP contribution in [0.3, 0.4) is 0 Å². The molecule has 0 amide bonds. The van der Waals surface area contributed by atoms with Crippen molar-refractivity contribution in [2.75, 3.05) is 0 Å². The second-order valence-electron chi connectivity index (χ2n) is 7.12. The molecule has 0 atom stereocenters. The molecule has 0 aliphatic heterocycles. The van der Waals surface area contributed by atoms with Crippen molar-refractivity contribution in [2.45, 2.75) is 22.6 Å². The first-order valence-corrected chi connectivity index (χ1v) is 11.1. The van der Waals surface area contributed by atoms with Gasteiger partial charge in [0.05, 0.1) is 9.79 Å². The zero-order valence-corrected chi connectivity index (χ0v) is 16.8. The summed E-state index contributed by atoms with van der Waals surface area (Å²) in [5.74, 6) is 0. The summed E-state index contributed by atoms with van der Waals surface area (Å²) in [6.07, 6.45) is 1.41. The number of sulfone groups is 1. The SMILES string of the molecule is O=S(=O)(c1cccc(Cc2ccccc2)c1)c1cccc(Cc2ccccc2)c1. The van der Waals surface area contributed by atoms with Gasteiger partial charge in [-0.1, -0.05) is 84.9 Å². The molecular weight excluding hydrogens is 376 g/mol. The molecule has 0 aliphatic rings. The van der Waals surface area contributed by atoms with Crippen molar-refractivity contribution >= 4 is 9.84 Å². The summed E-state index contributed by atoms with van der Waals surface area (Å²) < 4.78 is 26.5. The topological polar surface area (TPSA) is 34.1 Å². The molecule has 2 nitrogen and oxygen atoms in total.